The predicted octanol–water partition coefficient (Wildman–Crippen LogP) is 2.84. The van der Waals surface area contributed by atoms with E-state index in [1.54, 1.807) is 0 Å². The molecule has 3 heteroatoms. The summed E-state index contributed by atoms with van der Waals surface area (Å²) in [6, 6.07) is 0.293. The Kier molecular flexibility index (Phi) is 6.13. The van der Waals surface area contributed by atoms with Crippen LogP contribution >= 0.6 is 0 Å². The third kappa shape index (κ3) is 3.47. The van der Waals surface area contributed by atoms with Crippen molar-refractivity contribution in [1.82, 2.24) is 5.32 Å². The van der Waals surface area contributed by atoms with Crippen molar-refractivity contribution >= 4 is 5.91 Å². The highest BCUT2D eigenvalue weighted by molar-refractivity contribution is 5.83. The number of hydrogen-bond donors (Lipinski definition) is 2. The van der Waals surface area contributed by atoms with Gasteiger partial charge in [-0.1, -0.05) is 33.1 Å². The van der Waals surface area contributed by atoms with Gasteiger partial charge >= 0.3 is 0 Å². The van der Waals surface area contributed by atoms with Gasteiger partial charge in [-0.3, -0.25) is 4.79 Å². The van der Waals surface area contributed by atoms with Crippen molar-refractivity contribution in [3.05, 3.63) is 0 Å². The summed E-state index contributed by atoms with van der Waals surface area (Å²) in [6.45, 7) is 6.71. The molecule has 1 amide bonds. The van der Waals surface area contributed by atoms with E-state index in [2.05, 4.69) is 26.1 Å². The van der Waals surface area contributed by atoms with Gasteiger partial charge in [0.05, 0.1) is 5.41 Å². The van der Waals surface area contributed by atoms with Gasteiger partial charge in [-0.2, -0.15) is 0 Å². The molecule has 0 aromatic carbocycles. The second-order valence-electron chi connectivity index (χ2n) is 5.85. The molecule has 1 atom stereocenters. The minimum absolute atomic E-state index is 0.160. The Morgan fingerprint density at radius 2 is 1.83 bits per heavy atom. The molecule has 0 spiro atoms. The number of carbonyl (C=O) groups excluding carboxylic acids is 1. The van der Waals surface area contributed by atoms with Crippen LogP contribution in [0.5, 0.6) is 0 Å². The van der Waals surface area contributed by atoms with Gasteiger partial charge in [-0.15, -0.1) is 0 Å². The Balaban J connectivity index is 2.56. The predicted molar refractivity (Wildman–Crippen MR) is 76.2 cm³/mol. The lowest BCUT2D eigenvalue weighted by atomic mass is 9.80. The topological polar surface area (TPSA) is 55.1 Å². The molecule has 0 saturated heterocycles. The first-order valence-corrected chi connectivity index (χ1v) is 7.60. The zero-order valence-electron chi connectivity index (χ0n) is 12.3. The molecule has 1 aliphatic rings. The molecule has 1 saturated carbocycles. The van der Waals surface area contributed by atoms with E-state index in [9.17, 15) is 4.79 Å². The van der Waals surface area contributed by atoms with Crippen LogP contribution in [0.15, 0.2) is 0 Å². The fraction of sp³-hybridized carbons (Fsp3) is 0.933. The average Bonchev–Trinajstić information content (AvgIpc) is 2.42. The highest BCUT2D eigenvalue weighted by atomic mass is 16.2. The van der Waals surface area contributed by atoms with E-state index >= 15 is 0 Å². The van der Waals surface area contributed by atoms with E-state index in [0.29, 0.717) is 18.5 Å². The second-order valence-corrected chi connectivity index (χ2v) is 5.85. The first kappa shape index (κ1) is 15.5. The molecule has 1 fully saturated rings. The molecule has 1 rings (SSSR count). The minimum Gasteiger partial charge on any atom is -0.353 e. The van der Waals surface area contributed by atoms with Gasteiger partial charge in [0.2, 0.25) is 5.91 Å². The molecule has 3 nitrogen and oxygen atoms in total. The van der Waals surface area contributed by atoms with Gasteiger partial charge < -0.3 is 11.1 Å². The maximum atomic E-state index is 12.4. The highest BCUT2D eigenvalue weighted by Gasteiger charge is 2.35. The Hall–Kier alpha value is -0.570. The molecule has 0 aromatic heterocycles. The fourth-order valence-corrected chi connectivity index (χ4v) is 3.06. The van der Waals surface area contributed by atoms with E-state index in [1.165, 1.54) is 32.1 Å². The standard InChI is InChI=1S/C15H30N2O/c1-4-15(5-2,11-16)14(18)17-12(3)13-9-7-6-8-10-13/h12-13H,4-11,16H2,1-3H3,(H,17,18)/t12-/m1/s1. The van der Waals surface area contributed by atoms with Crippen LogP contribution in [0.25, 0.3) is 0 Å². The third-order valence-corrected chi connectivity index (χ3v) is 4.94. The van der Waals surface area contributed by atoms with Crippen molar-refractivity contribution in [3.63, 3.8) is 0 Å². The number of amides is 1. The first-order chi connectivity index (χ1) is 8.59. The van der Waals surface area contributed by atoms with E-state index in [1.807, 2.05) is 0 Å². The normalized spacial score (nSPS) is 19.6. The minimum atomic E-state index is -0.358. The summed E-state index contributed by atoms with van der Waals surface area (Å²) in [4.78, 5) is 12.4. The maximum absolute atomic E-state index is 12.4. The largest absolute Gasteiger partial charge is 0.353 e. The van der Waals surface area contributed by atoms with Crippen molar-refractivity contribution in [1.29, 1.82) is 0 Å². The molecular formula is C15H30N2O. The Morgan fingerprint density at radius 1 is 1.28 bits per heavy atom. The van der Waals surface area contributed by atoms with Gasteiger partial charge in [-0.05, 0) is 38.5 Å². The molecule has 0 aromatic rings. The number of rotatable bonds is 6. The van der Waals surface area contributed by atoms with E-state index < -0.39 is 0 Å². The van der Waals surface area contributed by atoms with Crippen LogP contribution in [0.4, 0.5) is 0 Å². The van der Waals surface area contributed by atoms with Crippen molar-refractivity contribution < 1.29 is 4.79 Å². The van der Waals surface area contributed by atoms with Crippen molar-refractivity contribution in [3.8, 4) is 0 Å². The quantitative estimate of drug-likeness (QED) is 0.766. The molecular weight excluding hydrogens is 224 g/mol. The SMILES string of the molecule is CCC(CC)(CN)C(=O)N[C@H](C)C1CCCCC1. The summed E-state index contributed by atoms with van der Waals surface area (Å²) in [6.07, 6.45) is 8.15. The Morgan fingerprint density at radius 3 is 2.28 bits per heavy atom. The van der Waals surface area contributed by atoms with E-state index in [4.69, 9.17) is 5.73 Å². The summed E-state index contributed by atoms with van der Waals surface area (Å²) in [5.74, 6) is 0.819. The van der Waals surface area contributed by atoms with Crippen molar-refractivity contribution in [2.45, 2.75) is 71.8 Å². The number of hydrogen-bond acceptors (Lipinski definition) is 2. The first-order valence-electron chi connectivity index (χ1n) is 7.60. The highest BCUT2D eigenvalue weighted by Crippen LogP contribution is 2.29. The van der Waals surface area contributed by atoms with Gasteiger partial charge in [0.1, 0.15) is 0 Å². The number of carbonyl (C=O) groups is 1. The van der Waals surface area contributed by atoms with Crippen LogP contribution in [0, 0.1) is 11.3 Å². The molecule has 0 radical (unpaired) electrons. The summed E-state index contributed by atoms with van der Waals surface area (Å²) >= 11 is 0. The lowest BCUT2D eigenvalue weighted by Crippen LogP contribution is -2.50. The molecule has 0 heterocycles. The number of nitrogens with two attached hydrogens (primary N) is 1. The van der Waals surface area contributed by atoms with Crippen molar-refractivity contribution in [2.24, 2.45) is 17.1 Å². The summed E-state index contributed by atoms with van der Waals surface area (Å²) in [5, 5.41) is 3.22. The van der Waals surface area contributed by atoms with Gasteiger partial charge in [0.15, 0.2) is 0 Å². The van der Waals surface area contributed by atoms with Gasteiger partial charge in [0.25, 0.3) is 0 Å². The molecule has 0 unspecified atom stereocenters. The maximum Gasteiger partial charge on any atom is 0.227 e. The second kappa shape index (κ2) is 7.13. The average molecular weight is 254 g/mol. The van der Waals surface area contributed by atoms with Crippen LogP contribution in [-0.4, -0.2) is 18.5 Å². The fourth-order valence-electron chi connectivity index (χ4n) is 3.06. The van der Waals surface area contributed by atoms with Gasteiger partial charge in [-0.25, -0.2) is 0 Å². The monoisotopic (exact) mass is 254 g/mol. The lowest BCUT2D eigenvalue weighted by Gasteiger charge is -2.34. The molecule has 106 valence electrons. The zero-order valence-corrected chi connectivity index (χ0v) is 12.3. The third-order valence-electron chi connectivity index (χ3n) is 4.94. The zero-order chi connectivity index (χ0) is 13.6. The van der Waals surface area contributed by atoms with Crippen LogP contribution < -0.4 is 11.1 Å². The molecule has 3 N–H and O–H groups in total. The lowest BCUT2D eigenvalue weighted by molar-refractivity contribution is -0.132. The molecule has 0 aliphatic heterocycles. The van der Waals surface area contributed by atoms with E-state index in [-0.39, 0.29) is 11.3 Å². The molecule has 0 bridgehead atoms. The van der Waals surface area contributed by atoms with E-state index in [0.717, 1.165) is 12.8 Å². The summed E-state index contributed by atoms with van der Waals surface area (Å²) in [5.41, 5.74) is 5.46. The van der Waals surface area contributed by atoms with Crippen molar-refractivity contribution in [2.75, 3.05) is 6.54 Å². The molecule has 18 heavy (non-hydrogen) atoms. The van der Waals surface area contributed by atoms with Gasteiger partial charge in [0, 0.05) is 12.6 Å². The van der Waals surface area contributed by atoms with Crippen LogP contribution in [0.2, 0.25) is 0 Å². The number of nitrogens with one attached hydrogen (secondary N) is 1. The molecule has 1 aliphatic carbocycles. The van der Waals surface area contributed by atoms with Crippen LogP contribution in [-0.2, 0) is 4.79 Å². The van der Waals surface area contributed by atoms with Crippen LogP contribution in [0.3, 0.4) is 0 Å². The Labute approximate surface area is 112 Å². The summed E-state index contributed by atoms with van der Waals surface area (Å²) in [7, 11) is 0. The summed E-state index contributed by atoms with van der Waals surface area (Å²) < 4.78 is 0. The van der Waals surface area contributed by atoms with Crippen LogP contribution in [0.1, 0.15) is 65.7 Å². The smallest absolute Gasteiger partial charge is 0.227 e. The Bertz CT molecular complexity index is 247.